The van der Waals surface area contributed by atoms with Crippen LogP contribution < -0.4 is 0 Å². The van der Waals surface area contributed by atoms with E-state index >= 15 is 0 Å². The molecule has 0 N–H and O–H groups in total. The van der Waals surface area contributed by atoms with Gasteiger partial charge in [0.1, 0.15) is 0 Å². The first kappa shape index (κ1) is 9.09. The van der Waals surface area contributed by atoms with Crippen LogP contribution in [0.25, 0.3) is 0 Å². The van der Waals surface area contributed by atoms with Crippen LogP contribution in [-0.2, 0) is 0 Å². The first-order chi connectivity index (χ1) is 6.74. The topological polar surface area (TPSA) is 0 Å². The Bertz CT molecular complexity index is 217. The highest BCUT2D eigenvalue weighted by atomic mass is 14.1. The van der Waals surface area contributed by atoms with E-state index in [-0.39, 0.29) is 0 Å². The molecule has 1 aliphatic rings. The van der Waals surface area contributed by atoms with E-state index < -0.39 is 0 Å². The molecule has 74 valence electrons. The Balaban J connectivity index is 2.50. The van der Waals surface area contributed by atoms with E-state index in [1.807, 2.05) is 0 Å². The predicted molar refractivity (Wildman–Crippen MR) is 58.7 cm³/mol. The molecule has 0 radical (unpaired) electrons. The van der Waals surface area contributed by atoms with Crippen LogP contribution in [0.4, 0.5) is 0 Å². The maximum absolute atomic E-state index is 7.77. The van der Waals surface area contributed by atoms with Gasteiger partial charge in [-0.2, -0.15) is 0 Å². The zero-order valence-electron chi connectivity index (χ0n) is 9.97. The fourth-order valence-corrected chi connectivity index (χ4v) is 1.71. The second-order valence-corrected chi connectivity index (χ2v) is 4.16. The average Bonchev–Trinajstić information content (AvgIpc) is 2.26. The van der Waals surface area contributed by atoms with Crippen molar-refractivity contribution in [2.24, 2.45) is 11.8 Å². The van der Waals surface area contributed by atoms with E-state index in [1.54, 1.807) is 0 Å². The summed E-state index contributed by atoms with van der Waals surface area (Å²) in [6.07, 6.45) is 9.92. The van der Waals surface area contributed by atoms with Gasteiger partial charge in [-0.1, -0.05) is 33.1 Å². The van der Waals surface area contributed by atoms with E-state index in [9.17, 15) is 0 Å². The molecule has 0 spiro atoms. The average molecular weight is 179 g/mol. The lowest BCUT2D eigenvalue weighted by Gasteiger charge is -2.16. The van der Waals surface area contributed by atoms with Gasteiger partial charge in [0.15, 0.2) is 0 Å². The Hall–Kier alpha value is -0.480. The Morgan fingerprint density at radius 3 is 2.77 bits per heavy atom. The minimum absolute atomic E-state index is 0.370. The summed E-state index contributed by atoms with van der Waals surface area (Å²) in [5, 5.41) is 0. The molecular formula is C13H22. The van der Waals surface area contributed by atoms with Crippen LogP contribution >= 0.6 is 0 Å². The van der Waals surface area contributed by atoms with Gasteiger partial charge < -0.3 is 0 Å². The molecule has 1 unspecified atom stereocenters. The Kier molecular flexibility index (Phi) is 4.23. The molecule has 0 aromatic carbocycles. The third-order valence-corrected chi connectivity index (χ3v) is 2.91. The van der Waals surface area contributed by atoms with Gasteiger partial charge in [0.05, 0.1) is 1.37 Å². The monoisotopic (exact) mass is 179 g/mol. The van der Waals surface area contributed by atoms with Crippen molar-refractivity contribution < 1.29 is 1.37 Å². The number of hydrogen-bond donors (Lipinski definition) is 0. The van der Waals surface area contributed by atoms with E-state index in [1.165, 1.54) is 32.1 Å². The predicted octanol–water partition coefficient (Wildman–Crippen LogP) is 4.32. The number of allylic oxidation sites excluding steroid dienone is 1. The van der Waals surface area contributed by atoms with Crippen LogP contribution in [0.3, 0.4) is 0 Å². The first-order valence-corrected chi connectivity index (χ1v) is 5.67. The summed E-state index contributed by atoms with van der Waals surface area (Å²) in [6, 6.07) is 0.679. The summed E-state index contributed by atoms with van der Waals surface area (Å²) in [5.74, 6) is 1.07. The molecule has 13 heavy (non-hydrogen) atoms. The summed E-state index contributed by atoms with van der Waals surface area (Å²) >= 11 is 0. The van der Waals surface area contributed by atoms with E-state index in [2.05, 4.69) is 25.7 Å². The van der Waals surface area contributed by atoms with Gasteiger partial charge in [0.25, 0.3) is 0 Å². The normalized spacial score (nSPS) is 21.5. The van der Waals surface area contributed by atoms with Crippen LogP contribution in [-0.4, -0.2) is 0 Å². The molecule has 1 saturated carbocycles. The van der Waals surface area contributed by atoms with Gasteiger partial charge in [-0.3, -0.25) is 0 Å². The lowest BCUT2D eigenvalue weighted by Crippen LogP contribution is -2.01. The number of rotatable bonds is 3. The molecule has 0 saturated heterocycles. The molecule has 1 aliphatic carbocycles. The van der Waals surface area contributed by atoms with E-state index in [0.29, 0.717) is 17.9 Å². The highest BCUT2D eigenvalue weighted by Gasteiger charge is 2.09. The van der Waals surface area contributed by atoms with Crippen LogP contribution in [0.1, 0.15) is 53.7 Å². The van der Waals surface area contributed by atoms with Crippen molar-refractivity contribution in [2.75, 3.05) is 0 Å². The van der Waals surface area contributed by atoms with Crippen LogP contribution in [0.2, 0.25) is 0 Å². The first-order valence-electron chi connectivity index (χ1n) is 6.17. The smallest absolute Gasteiger partial charge is 0.0669 e. The maximum Gasteiger partial charge on any atom is 0.0669 e. The van der Waals surface area contributed by atoms with Crippen molar-refractivity contribution in [1.82, 2.24) is 0 Å². The maximum atomic E-state index is 7.77. The minimum Gasteiger partial charge on any atom is -0.129 e. The summed E-state index contributed by atoms with van der Waals surface area (Å²) in [7, 11) is 0. The van der Waals surface area contributed by atoms with Gasteiger partial charge >= 0.3 is 0 Å². The standard InChI is InChI=1S/C13H22/c1-3-12(2)8-7-11-13-9-5-4-6-10-13/h8,11-13H,3-6,9-10H2,1-2H3/i8D. The molecule has 0 bridgehead atoms. The lowest BCUT2D eigenvalue weighted by atomic mass is 9.89. The Morgan fingerprint density at radius 1 is 1.46 bits per heavy atom. The van der Waals surface area contributed by atoms with Gasteiger partial charge in [-0.15, -0.1) is 5.73 Å². The Morgan fingerprint density at radius 2 is 2.15 bits per heavy atom. The fraction of sp³-hybridized carbons (Fsp3) is 0.769. The Labute approximate surface area is 84.1 Å². The molecule has 0 heteroatoms. The fourth-order valence-electron chi connectivity index (χ4n) is 1.71. The summed E-state index contributed by atoms with van der Waals surface area (Å²) in [4.78, 5) is 0. The number of hydrogen-bond acceptors (Lipinski definition) is 0. The van der Waals surface area contributed by atoms with Crippen molar-refractivity contribution >= 4 is 0 Å². The van der Waals surface area contributed by atoms with Crippen molar-refractivity contribution in [3.05, 3.63) is 17.9 Å². The molecule has 0 amide bonds. The molecule has 0 aliphatic heterocycles. The quantitative estimate of drug-likeness (QED) is 0.566. The van der Waals surface area contributed by atoms with Crippen molar-refractivity contribution in [1.29, 1.82) is 0 Å². The zero-order valence-corrected chi connectivity index (χ0v) is 8.97. The van der Waals surface area contributed by atoms with Gasteiger partial charge in [0, 0.05) is 0 Å². The van der Waals surface area contributed by atoms with Crippen LogP contribution in [0.15, 0.2) is 17.9 Å². The van der Waals surface area contributed by atoms with Gasteiger partial charge in [-0.05, 0) is 43.2 Å². The van der Waals surface area contributed by atoms with Crippen molar-refractivity contribution in [2.45, 2.75) is 52.4 Å². The van der Waals surface area contributed by atoms with Crippen molar-refractivity contribution in [3.8, 4) is 0 Å². The van der Waals surface area contributed by atoms with Crippen LogP contribution in [0.5, 0.6) is 0 Å². The van der Waals surface area contributed by atoms with Crippen LogP contribution in [0, 0.1) is 11.8 Å². The molecule has 0 heterocycles. The third kappa shape index (κ3) is 4.33. The summed E-state index contributed by atoms with van der Waals surface area (Å²) in [5.41, 5.74) is 3.16. The minimum atomic E-state index is 0.370. The van der Waals surface area contributed by atoms with E-state index in [0.717, 1.165) is 6.42 Å². The zero-order chi connectivity index (χ0) is 10.4. The highest BCUT2D eigenvalue weighted by molar-refractivity contribution is 4.92. The summed E-state index contributed by atoms with van der Waals surface area (Å²) in [6.45, 7) is 4.23. The third-order valence-electron chi connectivity index (χ3n) is 2.91. The SMILES string of the molecule is [2H]C(=C=CC1CCCCC1)C(C)CC. The van der Waals surface area contributed by atoms with E-state index in [4.69, 9.17) is 1.37 Å². The van der Waals surface area contributed by atoms with Gasteiger partial charge in [-0.25, -0.2) is 0 Å². The van der Waals surface area contributed by atoms with Crippen molar-refractivity contribution in [3.63, 3.8) is 0 Å². The van der Waals surface area contributed by atoms with Gasteiger partial charge in [0.2, 0.25) is 0 Å². The molecular weight excluding hydrogens is 156 g/mol. The molecule has 0 nitrogen and oxygen atoms in total. The molecule has 0 aromatic rings. The molecule has 1 fully saturated rings. The highest BCUT2D eigenvalue weighted by Crippen LogP contribution is 2.24. The lowest BCUT2D eigenvalue weighted by molar-refractivity contribution is 0.419. The molecule has 0 aromatic heterocycles. The molecule has 1 rings (SSSR count). The second-order valence-electron chi connectivity index (χ2n) is 4.16. The second kappa shape index (κ2) is 6.05. The largest absolute Gasteiger partial charge is 0.129 e. The summed E-state index contributed by atoms with van der Waals surface area (Å²) < 4.78 is 7.77. The molecule has 1 atom stereocenters.